The Bertz CT molecular complexity index is 1660. The Morgan fingerprint density at radius 2 is 1.47 bits per heavy atom. The van der Waals surface area contributed by atoms with E-state index in [0.29, 0.717) is 11.3 Å². The van der Waals surface area contributed by atoms with Crippen molar-refractivity contribution in [1.29, 1.82) is 0 Å². The third-order valence-electron chi connectivity index (χ3n) is 8.37. The van der Waals surface area contributed by atoms with Crippen LogP contribution < -0.4 is 14.9 Å². The van der Waals surface area contributed by atoms with Gasteiger partial charge in [-0.1, -0.05) is 11.6 Å². The van der Waals surface area contributed by atoms with Crippen molar-refractivity contribution in [1.82, 2.24) is 0 Å². The highest BCUT2D eigenvalue weighted by molar-refractivity contribution is 5.91. The van der Waals surface area contributed by atoms with E-state index in [4.69, 9.17) is 28.1 Å². The molecule has 3 aromatic rings. The molecule has 256 valence electrons. The highest BCUT2D eigenvalue weighted by Gasteiger charge is 2.50. The molecule has 0 amide bonds. The molecule has 1 aromatic heterocycles. The molecule has 0 unspecified atom stereocenters. The molecule has 14 nitrogen and oxygen atoms in total. The zero-order chi connectivity index (χ0) is 34.3. The Hall–Kier alpha value is -3.73. The van der Waals surface area contributed by atoms with Gasteiger partial charge in [-0.05, 0) is 58.4 Å². The van der Waals surface area contributed by atoms with Crippen molar-refractivity contribution in [2.24, 2.45) is 0 Å². The zero-order valence-electron chi connectivity index (χ0n) is 26.4. The molecule has 0 spiro atoms. The number of aromatic hydroxyl groups is 2. The number of hydrogen-bond donors (Lipinski definition) is 7. The highest BCUT2D eigenvalue weighted by atomic mass is 16.8. The van der Waals surface area contributed by atoms with Gasteiger partial charge in [0.25, 0.3) is 0 Å². The summed E-state index contributed by atoms with van der Waals surface area (Å²) in [6, 6.07) is 7.43. The normalized spacial score (nSPS) is 31.0. The Morgan fingerprint density at radius 1 is 0.851 bits per heavy atom. The predicted molar refractivity (Wildman–Crippen MR) is 165 cm³/mol. The fourth-order valence-electron chi connectivity index (χ4n) is 5.55. The summed E-state index contributed by atoms with van der Waals surface area (Å²) in [6.07, 6.45) is -13.0. The molecule has 2 aliphatic rings. The van der Waals surface area contributed by atoms with Crippen molar-refractivity contribution in [3.05, 3.63) is 57.8 Å². The van der Waals surface area contributed by atoms with E-state index in [2.05, 4.69) is 0 Å². The average molecular weight is 661 g/mol. The molecular formula is C33H40O14. The largest absolute Gasteiger partial charge is 0.507 e. The number of hydrogen-bond acceptors (Lipinski definition) is 14. The Morgan fingerprint density at radius 3 is 2.09 bits per heavy atom. The molecule has 2 aromatic carbocycles. The third kappa shape index (κ3) is 6.68. The van der Waals surface area contributed by atoms with Crippen molar-refractivity contribution in [3.63, 3.8) is 0 Å². The van der Waals surface area contributed by atoms with Crippen LogP contribution in [0.1, 0.15) is 33.3 Å². The second-order valence-corrected chi connectivity index (χ2v) is 12.0. The minimum atomic E-state index is -1.77. The molecule has 10 atom stereocenters. The van der Waals surface area contributed by atoms with Crippen molar-refractivity contribution in [2.45, 2.75) is 95.5 Å². The zero-order valence-corrected chi connectivity index (χ0v) is 26.4. The van der Waals surface area contributed by atoms with Crippen LogP contribution in [0.5, 0.6) is 23.0 Å². The highest BCUT2D eigenvalue weighted by Crippen LogP contribution is 2.41. The fourth-order valence-corrected chi connectivity index (χ4v) is 5.55. The molecule has 5 rings (SSSR count). The summed E-state index contributed by atoms with van der Waals surface area (Å²) in [5, 5.41) is 74.0. The van der Waals surface area contributed by atoms with E-state index in [1.165, 1.54) is 21.0 Å². The Balaban J connectivity index is 1.65. The van der Waals surface area contributed by atoms with Crippen LogP contribution in [0.2, 0.25) is 0 Å². The van der Waals surface area contributed by atoms with Gasteiger partial charge in [0.2, 0.25) is 17.5 Å². The van der Waals surface area contributed by atoms with Crippen LogP contribution in [0.4, 0.5) is 0 Å². The minimum Gasteiger partial charge on any atom is -0.507 e. The fraction of sp³-hybridized carbons (Fsp3) is 0.485. The first kappa shape index (κ1) is 34.6. The first-order valence-corrected chi connectivity index (χ1v) is 15.1. The van der Waals surface area contributed by atoms with Gasteiger partial charge in [0.15, 0.2) is 18.2 Å². The molecule has 2 saturated heterocycles. The number of phenolic OH excluding ortho intramolecular Hbond substituents is 2. The Kier molecular flexibility index (Phi) is 10.1. The molecule has 2 aliphatic heterocycles. The van der Waals surface area contributed by atoms with Crippen LogP contribution in [0.15, 0.2) is 51.2 Å². The summed E-state index contributed by atoms with van der Waals surface area (Å²) in [5.74, 6) is -0.987. The predicted octanol–water partition coefficient (Wildman–Crippen LogP) is 1.45. The van der Waals surface area contributed by atoms with Gasteiger partial charge in [0.1, 0.15) is 58.7 Å². The lowest BCUT2D eigenvalue weighted by atomic mass is 9.98. The topological polar surface area (TPSA) is 218 Å². The number of fused-ring (bicyclic) bond motifs is 1. The number of allylic oxidation sites excluding steroid dienone is 2. The summed E-state index contributed by atoms with van der Waals surface area (Å²) in [5.41, 5.74) is 0.546. The summed E-state index contributed by atoms with van der Waals surface area (Å²) in [4.78, 5) is 14.2. The third-order valence-corrected chi connectivity index (χ3v) is 8.37. The standard InChI is InChI=1S/C33H40O14/c1-13(2)6-11-18-19(34)12-20(35)21-24(38)30(28(45-29(18)21)16-7-9-17(42-5)10-8-16)46-33-31(26(40)23(37)15(4)44-33)47-32-27(41)25(39)22(36)14(3)43-32/h6-10,12,14-15,22-23,25-27,31-37,39-41H,11H2,1-5H3/t14-,15-,22-,23-,25+,26-,27-,31-,32-,33-/m0/s1. The van der Waals surface area contributed by atoms with Gasteiger partial charge >= 0.3 is 0 Å². The van der Waals surface area contributed by atoms with Gasteiger partial charge in [0, 0.05) is 17.2 Å². The number of methoxy groups -OCH3 is 1. The average Bonchev–Trinajstić information content (AvgIpc) is 3.03. The number of aliphatic hydroxyl groups excluding tert-OH is 5. The molecule has 3 heterocycles. The maximum absolute atomic E-state index is 14.2. The minimum absolute atomic E-state index is 0.0929. The van der Waals surface area contributed by atoms with Crippen LogP contribution in [-0.4, -0.2) is 104 Å². The molecular weight excluding hydrogens is 620 g/mol. The van der Waals surface area contributed by atoms with Gasteiger partial charge in [-0.3, -0.25) is 4.79 Å². The molecule has 0 bridgehead atoms. The second kappa shape index (κ2) is 13.8. The number of ether oxygens (including phenoxy) is 5. The summed E-state index contributed by atoms with van der Waals surface area (Å²) < 4.78 is 34.9. The van der Waals surface area contributed by atoms with Crippen LogP contribution in [0.25, 0.3) is 22.3 Å². The van der Waals surface area contributed by atoms with Crippen molar-refractivity contribution in [2.75, 3.05) is 7.11 Å². The SMILES string of the molecule is COc1ccc(-c2oc3c(CC=C(C)C)c(O)cc(O)c3c(=O)c2O[C@@H]2O[C@@H](C)[C@H](O)[C@H](O)[C@@H]2O[C@@H]2O[C@@H](C)[C@H](O)[C@@H](O)[C@@H]2O)cc1. The number of aliphatic hydroxyl groups is 5. The van der Waals surface area contributed by atoms with Crippen LogP contribution >= 0.6 is 0 Å². The van der Waals surface area contributed by atoms with Crippen LogP contribution in [0, 0.1) is 0 Å². The van der Waals surface area contributed by atoms with E-state index in [0.717, 1.165) is 11.6 Å². The molecule has 0 saturated carbocycles. The lowest BCUT2D eigenvalue weighted by Gasteiger charge is -2.45. The first-order chi connectivity index (χ1) is 22.2. The van der Waals surface area contributed by atoms with Crippen molar-refractivity contribution < 1.29 is 63.8 Å². The van der Waals surface area contributed by atoms with E-state index >= 15 is 0 Å². The maximum atomic E-state index is 14.2. The van der Waals surface area contributed by atoms with E-state index in [1.807, 2.05) is 19.9 Å². The van der Waals surface area contributed by atoms with E-state index in [9.17, 15) is 40.5 Å². The van der Waals surface area contributed by atoms with Crippen LogP contribution in [0.3, 0.4) is 0 Å². The quantitative estimate of drug-likeness (QED) is 0.170. The van der Waals surface area contributed by atoms with Gasteiger partial charge < -0.3 is 63.8 Å². The number of rotatable bonds is 8. The molecule has 0 radical (unpaired) electrons. The van der Waals surface area contributed by atoms with E-state index in [1.54, 1.807) is 24.3 Å². The molecule has 0 aliphatic carbocycles. The molecule has 14 heteroatoms. The van der Waals surface area contributed by atoms with E-state index < -0.39 is 78.3 Å². The van der Waals surface area contributed by atoms with Gasteiger partial charge in [-0.2, -0.15) is 0 Å². The maximum Gasteiger partial charge on any atom is 0.239 e. The molecule has 2 fully saturated rings. The van der Waals surface area contributed by atoms with Crippen molar-refractivity contribution >= 4 is 11.0 Å². The van der Waals surface area contributed by atoms with Crippen LogP contribution in [-0.2, 0) is 20.6 Å². The molecule has 47 heavy (non-hydrogen) atoms. The summed E-state index contributed by atoms with van der Waals surface area (Å²) >= 11 is 0. The molecule has 7 N–H and O–H groups in total. The van der Waals surface area contributed by atoms with Gasteiger partial charge in [0.05, 0.1) is 19.3 Å². The first-order valence-electron chi connectivity index (χ1n) is 15.1. The Labute approximate surface area is 269 Å². The number of benzene rings is 2. The smallest absolute Gasteiger partial charge is 0.239 e. The van der Waals surface area contributed by atoms with Crippen molar-refractivity contribution in [3.8, 4) is 34.3 Å². The van der Waals surface area contributed by atoms with Gasteiger partial charge in [-0.15, -0.1) is 0 Å². The second-order valence-electron chi connectivity index (χ2n) is 12.0. The number of phenols is 2. The van der Waals surface area contributed by atoms with E-state index in [-0.39, 0.29) is 34.5 Å². The summed E-state index contributed by atoms with van der Waals surface area (Å²) in [6.45, 7) is 6.61. The summed E-state index contributed by atoms with van der Waals surface area (Å²) in [7, 11) is 1.48. The monoisotopic (exact) mass is 660 g/mol. The lowest BCUT2D eigenvalue weighted by molar-refractivity contribution is -0.352. The van der Waals surface area contributed by atoms with Gasteiger partial charge in [-0.25, -0.2) is 0 Å². The lowest BCUT2D eigenvalue weighted by Crippen LogP contribution is -2.63.